The van der Waals surface area contributed by atoms with Crippen LogP contribution in [0, 0.1) is 12.8 Å². The van der Waals surface area contributed by atoms with Gasteiger partial charge in [-0.3, -0.25) is 4.79 Å². The van der Waals surface area contributed by atoms with Gasteiger partial charge < -0.3 is 9.30 Å². The van der Waals surface area contributed by atoms with E-state index in [1.165, 1.54) is 0 Å². The third-order valence-corrected chi connectivity index (χ3v) is 4.20. The maximum absolute atomic E-state index is 12.3. The summed E-state index contributed by atoms with van der Waals surface area (Å²) in [6, 6.07) is 4.04. The number of aryl methyl sites for hydroxylation is 1. The average Bonchev–Trinajstić information content (AvgIpc) is 2.83. The Balaban J connectivity index is 1.73. The summed E-state index contributed by atoms with van der Waals surface area (Å²) in [6.45, 7) is 6.09. The number of pyridine rings is 1. The number of aromatic nitrogens is 2. The standard InChI is InChI=1S/C16H21N3O/c1-12-5-8-18(9-6-12)15(20)10-14-11-19-7-3-4-13(2)16(19)17-14/h3-4,7,11-12H,5-6,8-10H2,1-2H3. The molecule has 0 radical (unpaired) electrons. The fourth-order valence-electron chi connectivity index (χ4n) is 2.81. The van der Waals surface area contributed by atoms with Crippen molar-refractivity contribution in [2.45, 2.75) is 33.1 Å². The molecular formula is C16H21N3O. The van der Waals surface area contributed by atoms with Gasteiger partial charge in [0.25, 0.3) is 0 Å². The Hall–Kier alpha value is -1.84. The number of fused-ring (bicyclic) bond motifs is 1. The molecule has 1 saturated heterocycles. The quantitative estimate of drug-likeness (QED) is 0.841. The van der Waals surface area contributed by atoms with Gasteiger partial charge in [-0.05, 0) is 37.3 Å². The van der Waals surface area contributed by atoms with Gasteiger partial charge in [0.1, 0.15) is 5.65 Å². The predicted octanol–water partition coefficient (Wildman–Crippen LogP) is 2.44. The molecule has 3 heterocycles. The lowest BCUT2D eigenvalue weighted by Crippen LogP contribution is -2.38. The van der Waals surface area contributed by atoms with E-state index in [1.54, 1.807) is 0 Å². The van der Waals surface area contributed by atoms with Gasteiger partial charge in [0.05, 0.1) is 12.1 Å². The summed E-state index contributed by atoms with van der Waals surface area (Å²) in [7, 11) is 0. The van der Waals surface area contributed by atoms with E-state index in [2.05, 4.69) is 11.9 Å². The molecule has 0 atom stereocenters. The minimum atomic E-state index is 0.206. The smallest absolute Gasteiger partial charge is 0.228 e. The number of hydrogen-bond donors (Lipinski definition) is 0. The first-order valence-electron chi connectivity index (χ1n) is 7.34. The summed E-state index contributed by atoms with van der Waals surface area (Å²) < 4.78 is 2.00. The Morgan fingerprint density at radius 3 is 2.85 bits per heavy atom. The van der Waals surface area contributed by atoms with Crippen molar-refractivity contribution in [2.24, 2.45) is 5.92 Å². The van der Waals surface area contributed by atoms with Crippen LogP contribution in [0.2, 0.25) is 0 Å². The molecule has 106 valence electrons. The molecule has 4 heteroatoms. The number of carbonyl (C=O) groups excluding carboxylic acids is 1. The minimum absolute atomic E-state index is 0.206. The number of hydrogen-bond acceptors (Lipinski definition) is 2. The third kappa shape index (κ3) is 2.55. The number of amides is 1. The summed E-state index contributed by atoms with van der Waals surface area (Å²) in [5, 5.41) is 0. The average molecular weight is 271 g/mol. The fourth-order valence-corrected chi connectivity index (χ4v) is 2.81. The molecule has 2 aromatic rings. The molecular weight excluding hydrogens is 250 g/mol. The van der Waals surface area contributed by atoms with Crippen molar-refractivity contribution < 1.29 is 4.79 Å². The van der Waals surface area contributed by atoms with E-state index in [4.69, 9.17) is 0 Å². The zero-order valence-corrected chi connectivity index (χ0v) is 12.2. The summed E-state index contributed by atoms with van der Waals surface area (Å²) in [6.07, 6.45) is 6.60. The molecule has 0 aromatic carbocycles. The molecule has 0 saturated carbocycles. The Labute approximate surface area is 119 Å². The van der Waals surface area contributed by atoms with Crippen molar-refractivity contribution in [3.63, 3.8) is 0 Å². The van der Waals surface area contributed by atoms with Gasteiger partial charge in [0.15, 0.2) is 0 Å². The molecule has 1 aliphatic heterocycles. The lowest BCUT2D eigenvalue weighted by atomic mass is 9.99. The van der Waals surface area contributed by atoms with Crippen LogP contribution in [0.25, 0.3) is 5.65 Å². The van der Waals surface area contributed by atoms with E-state index in [-0.39, 0.29) is 5.91 Å². The molecule has 0 aliphatic carbocycles. The molecule has 2 aromatic heterocycles. The monoisotopic (exact) mass is 271 g/mol. The summed E-state index contributed by atoms with van der Waals surface area (Å²) in [4.78, 5) is 18.9. The number of carbonyl (C=O) groups is 1. The number of likely N-dealkylation sites (tertiary alicyclic amines) is 1. The van der Waals surface area contributed by atoms with Crippen LogP contribution in [0.15, 0.2) is 24.5 Å². The van der Waals surface area contributed by atoms with Gasteiger partial charge in [-0.15, -0.1) is 0 Å². The van der Waals surface area contributed by atoms with Crippen molar-refractivity contribution in [3.05, 3.63) is 35.8 Å². The first kappa shape index (κ1) is 13.2. The highest BCUT2D eigenvalue weighted by Crippen LogP contribution is 2.17. The molecule has 3 rings (SSSR count). The SMILES string of the molecule is Cc1cccn2cc(CC(=O)N3CCC(C)CC3)nc12. The first-order chi connectivity index (χ1) is 9.63. The fraction of sp³-hybridized carbons (Fsp3) is 0.500. The third-order valence-electron chi connectivity index (χ3n) is 4.20. The Bertz CT molecular complexity index is 624. The van der Waals surface area contributed by atoms with E-state index < -0.39 is 0 Å². The second-order valence-corrected chi connectivity index (χ2v) is 5.89. The van der Waals surface area contributed by atoms with Gasteiger partial charge in [-0.2, -0.15) is 0 Å². The van der Waals surface area contributed by atoms with Gasteiger partial charge in [-0.1, -0.05) is 13.0 Å². The van der Waals surface area contributed by atoms with Crippen molar-refractivity contribution in [1.82, 2.24) is 14.3 Å². The highest BCUT2D eigenvalue weighted by Gasteiger charge is 2.21. The second-order valence-electron chi connectivity index (χ2n) is 5.89. The Kier molecular flexibility index (Phi) is 3.47. The molecule has 1 fully saturated rings. The van der Waals surface area contributed by atoms with Crippen LogP contribution in [0.4, 0.5) is 0 Å². The summed E-state index contributed by atoms with van der Waals surface area (Å²) in [5.41, 5.74) is 2.95. The molecule has 0 bridgehead atoms. The first-order valence-corrected chi connectivity index (χ1v) is 7.34. The molecule has 4 nitrogen and oxygen atoms in total. The normalized spacial score (nSPS) is 16.8. The number of piperidine rings is 1. The lowest BCUT2D eigenvalue weighted by Gasteiger charge is -2.30. The van der Waals surface area contributed by atoms with Crippen LogP contribution >= 0.6 is 0 Å². The van der Waals surface area contributed by atoms with E-state index in [0.717, 1.165) is 48.8 Å². The molecule has 20 heavy (non-hydrogen) atoms. The van der Waals surface area contributed by atoms with Gasteiger partial charge >= 0.3 is 0 Å². The number of rotatable bonds is 2. The van der Waals surface area contributed by atoms with Crippen LogP contribution < -0.4 is 0 Å². The second kappa shape index (κ2) is 5.27. The van der Waals surface area contributed by atoms with E-state index in [0.29, 0.717) is 6.42 Å². The topological polar surface area (TPSA) is 37.6 Å². The minimum Gasteiger partial charge on any atom is -0.342 e. The van der Waals surface area contributed by atoms with Gasteiger partial charge in [0.2, 0.25) is 5.91 Å². The van der Waals surface area contributed by atoms with Crippen molar-refractivity contribution in [1.29, 1.82) is 0 Å². The molecule has 0 N–H and O–H groups in total. The van der Waals surface area contributed by atoms with E-state index >= 15 is 0 Å². The zero-order valence-electron chi connectivity index (χ0n) is 12.2. The van der Waals surface area contributed by atoms with Crippen molar-refractivity contribution in [2.75, 3.05) is 13.1 Å². The molecule has 1 amide bonds. The molecule has 0 unspecified atom stereocenters. The molecule has 1 aliphatic rings. The predicted molar refractivity (Wildman–Crippen MR) is 78.6 cm³/mol. The van der Waals surface area contributed by atoms with Crippen molar-refractivity contribution in [3.8, 4) is 0 Å². The Morgan fingerprint density at radius 1 is 1.40 bits per heavy atom. The van der Waals surface area contributed by atoms with Crippen LogP contribution in [0.1, 0.15) is 31.0 Å². The number of nitrogens with zero attached hydrogens (tertiary/aromatic N) is 3. The highest BCUT2D eigenvalue weighted by atomic mass is 16.2. The van der Waals surface area contributed by atoms with Crippen LogP contribution in [-0.2, 0) is 11.2 Å². The van der Waals surface area contributed by atoms with Gasteiger partial charge in [0, 0.05) is 25.5 Å². The maximum atomic E-state index is 12.3. The maximum Gasteiger partial charge on any atom is 0.228 e. The summed E-state index contributed by atoms with van der Waals surface area (Å²) >= 11 is 0. The van der Waals surface area contributed by atoms with E-state index in [1.807, 2.05) is 40.8 Å². The largest absolute Gasteiger partial charge is 0.342 e. The van der Waals surface area contributed by atoms with Crippen molar-refractivity contribution >= 4 is 11.6 Å². The van der Waals surface area contributed by atoms with Gasteiger partial charge in [-0.25, -0.2) is 4.98 Å². The van der Waals surface area contributed by atoms with Crippen LogP contribution in [0.3, 0.4) is 0 Å². The highest BCUT2D eigenvalue weighted by molar-refractivity contribution is 5.78. The van der Waals surface area contributed by atoms with Crippen LogP contribution in [0.5, 0.6) is 0 Å². The summed E-state index contributed by atoms with van der Waals surface area (Å²) in [5.74, 6) is 0.954. The zero-order chi connectivity index (χ0) is 14.1. The van der Waals surface area contributed by atoms with Crippen LogP contribution in [-0.4, -0.2) is 33.3 Å². The number of imidazole rings is 1. The lowest BCUT2D eigenvalue weighted by molar-refractivity contribution is -0.131. The van der Waals surface area contributed by atoms with E-state index in [9.17, 15) is 4.79 Å². The molecule has 0 spiro atoms. The Morgan fingerprint density at radius 2 is 2.15 bits per heavy atom.